The van der Waals surface area contributed by atoms with Gasteiger partial charge < -0.3 is 9.30 Å². The molecule has 0 amide bonds. The lowest BCUT2D eigenvalue weighted by atomic mass is 10.1. The molecule has 0 aliphatic carbocycles. The fourth-order valence-corrected chi connectivity index (χ4v) is 3.19. The van der Waals surface area contributed by atoms with Crippen molar-refractivity contribution in [3.63, 3.8) is 0 Å². The van der Waals surface area contributed by atoms with E-state index in [-0.39, 0.29) is 5.56 Å². The molecular weight excluding hydrogens is 354 g/mol. The summed E-state index contributed by atoms with van der Waals surface area (Å²) < 4.78 is 8.79. The smallest absolute Gasteiger partial charge is 0.251 e. The van der Waals surface area contributed by atoms with Crippen molar-refractivity contribution in [1.82, 2.24) is 24.1 Å². The summed E-state index contributed by atoms with van der Waals surface area (Å²) >= 11 is 0. The highest BCUT2D eigenvalue weighted by Gasteiger charge is 2.14. The van der Waals surface area contributed by atoms with E-state index in [1.54, 1.807) is 34.7 Å². The number of hydrogen-bond donors (Lipinski definition) is 0. The first-order valence-electron chi connectivity index (χ1n) is 9.11. The normalized spacial score (nSPS) is 11.3. The first-order valence-corrected chi connectivity index (χ1v) is 9.11. The van der Waals surface area contributed by atoms with Gasteiger partial charge in [0.2, 0.25) is 5.88 Å². The number of hydrogen-bond acceptors (Lipinski definition) is 5. The van der Waals surface area contributed by atoms with Crippen molar-refractivity contribution in [2.24, 2.45) is 5.92 Å². The zero-order chi connectivity index (χ0) is 19.7. The second kappa shape index (κ2) is 7.26. The Bertz CT molecular complexity index is 1190. The zero-order valence-electron chi connectivity index (χ0n) is 16.0. The third kappa shape index (κ3) is 3.26. The molecule has 0 fully saturated rings. The molecule has 7 heteroatoms. The third-order valence-electron chi connectivity index (χ3n) is 4.48. The number of pyridine rings is 2. The number of fused-ring (bicyclic) bond motifs is 1. The van der Waals surface area contributed by atoms with Crippen LogP contribution in [-0.4, -0.2) is 31.3 Å². The SMILES string of the molecule is COc1ncccc1-c1cnn2ccc(-c3ccn(CC(C)C)c(=O)c3)nc12. The summed E-state index contributed by atoms with van der Waals surface area (Å²) in [5.74, 6) is 0.919. The van der Waals surface area contributed by atoms with Crippen molar-refractivity contribution in [1.29, 1.82) is 0 Å². The van der Waals surface area contributed by atoms with Gasteiger partial charge in [-0.15, -0.1) is 0 Å². The predicted octanol–water partition coefficient (Wildman–Crippen LogP) is 3.28. The van der Waals surface area contributed by atoms with E-state index in [2.05, 4.69) is 23.9 Å². The van der Waals surface area contributed by atoms with Crippen LogP contribution >= 0.6 is 0 Å². The second-order valence-electron chi connectivity index (χ2n) is 7.00. The topological polar surface area (TPSA) is 74.3 Å². The standard InChI is InChI=1S/C21H21N5O2/c1-14(2)13-25-9-6-15(11-19(25)27)18-7-10-26-20(24-18)17(12-23-26)16-5-4-8-22-21(16)28-3/h4-12,14H,13H2,1-3H3. The van der Waals surface area contributed by atoms with E-state index in [0.29, 0.717) is 29.7 Å². The Morgan fingerprint density at radius 1 is 1.14 bits per heavy atom. The minimum Gasteiger partial charge on any atom is -0.481 e. The summed E-state index contributed by atoms with van der Waals surface area (Å²) in [5.41, 5.74) is 3.77. The van der Waals surface area contributed by atoms with E-state index in [1.807, 2.05) is 36.7 Å². The van der Waals surface area contributed by atoms with Gasteiger partial charge in [0.1, 0.15) is 0 Å². The van der Waals surface area contributed by atoms with E-state index in [1.165, 1.54) is 0 Å². The van der Waals surface area contributed by atoms with Crippen LogP contribution in [-0.2, 0) is 6.54 Å². The molecule has 7 nitrogen and oxygen atoms in total. The van der Waals surface area contributed by atoms with Gasteiger partial charge in [-0.3, -0.25) is 4.79 Å². The monoisotopic (exact) mass is 375 g/mol. The summed E-state index contributed by atoms with van der Waals surface area (Å²) in [4.78, 5) is 21.4. The molecule has 0 aliphatic heterocycles. The molecule has 0 saturated heterocycles. The minimum absolute atomic E-state index is 0.0319. The molecule has 0 aromatic carbocycles. The minimum atomic E-state index is -0.0319. The molecule has 0 radical (unpaired) electrons. The Labute approximate surface area is 162 Å². The van der Waals surface area contributed by atoms with Gasteiger partial charge in [-0.1, -0.05) is 13.8 Å². The molecule has 4 rings (SSSR count). The van der Waals surface area contributed by atoms with Gasteiger partial charge >= 0.3 is 0 Å². The lowest BCUT2D eigenvalue weighted by molar-refractivity contribution is 0.400. The van der Waals surface area contributed by atoms with E-state index >= 15 is 0 Å². The Balaban J connectivity index is 1.80. The highest BCUT2D eigenvalue weighted by Crippen LogP contribution is 2.30. The molecule has 142 valence electrons. The van der Waals surface area contributed by atoms with Crippen LogP contribution in [0, 0.1) is 5.92 Å². The van der Waals surface area contributed by atoms with E-state index in [0.717, 1.165) is 16.7 Å². The quantitative estimate of drug-likeness (QED) is 0.535. The molecule has 4 aromatic heterocycles. The first-order chi connectivity index (χ1) is 13.6. The van der Waals surface area contributed by atoms with Gasteiger partial charge in [0.15, 0.2) is 5.65 Å². The third-order valence-corrected chi connectivity index (χ3v) is 4.48. The van der Waals surface area contributed by atoms with Crippen molar-refractivity contribution < 1.29 is 4.74 Å². The number of ether oxygens (including phenoxy) is 1. The summed E-state index contributed by atoms with van der Waals surface area (Å²) in [5, 5.41) is 4.37. The van der Waals surface area contributed by atoms with Gasteiger partial charge in [-0.25, -0.2) is 14.5 Å². The summed E-state index contributed by atoms with van der Waals surface area (Å²) in [7, 11) is 1.59. The average Bonchev–Trinajstić information content (AvgIpc) is 3.12. The molecule has 0 spiro atoms. The Morgan fingerprint density at radius 3 is 2.75 bits per heavy atom. The summed E-state index contributed by atoms with van der Waals surface area (Å²) in [6.07, 6.45) is 7.08. The van der Waals surface area contributed by atoms with Crippen LogP contribution in [0.3, 0.4) is 0 Å². The fraction of sp³-hybridized carbons (Fsp3) is 0.238. The van der Waals surface area contributed by atoms with Crippen molar-refractivity contribution >= 4 is 5.65 Å². The van der Waals surface area contributed by atoms with Crippen molar-refractivity contribution in [3.05, 3.63) is 65.5 Å². The second-order valence-corrected chi connectivity index (χ2v) is 7.00. The molecule has 0 saturated carbocycles. The van der Waals surface area contributed by atoms with Gasteiger partial charge in [-0.2, -0.15) is 5.10 Å². The molecule has 0 atom stereocenters. The van der Waals surface area contributed by atoms with Crippen molar-refractivity contribution in [2.75, 3.05) is 7.11 Å². The Kier molecular flexibility index (Phi) is 4.65. The van der Waals surface area contributed by atoms with Gasteiger partial charge in [0, 0.05) is 42.3 Å². The molecule has 4 aromatic rings. The molecular formula is C21H21N5O2. The average molecular weight is 375 g/mol. The maximum absolute atomic E-state index is 12.4. The van der Waals surface area contributed by atoms with Gasteiger partial charge in [-0.05, 0) is 30.2 Å². The molecule has 28 heavy (non-hydrogen) atoms. The Hall–Kier alpha value is -3.48. The largest absolute Gasteiger partial charge is 0.481 e. The summed E-state index contributed by atoms with van der Waals surface area (Å²) in [6, 6.07) is 9.17. The van der Waals surface area contributed by atoms with Crippen LogP contribution in [0.25, 0.3) is 28.0 Å². The number of aromatic nitrogens is 5. The fourth-order valence-electron chi connectivity index (χ4n) is 3.19. The van der Waals surface area contributed by atoms with E-state index in [9.17, 15) is 4.79 Å². The summed E-state index contributed by atoms with van der Waals surface area (Å²) in [6.45, 7) is 4.87. The first kappa shape index (κ1) is 17.9. The molecule has 0 unspecified atom stereocenters. The highest BCUT2D eigenvalue weighted by molar-refractivity contribution is 5.81. The lowest BCUT2D eigenvalue weighted by Gasteiger charge is -2.09. The lowest BCUT2D eigenvalue weighted by Crippen LogP contribution is -2.21. The van der Waals surface area contributed by atoms with E-state index < -0.39 is 0 Å². The highest BCUT2D eigenvalue weighted by atomic mass is 16.5. The number of methoxy groups -OCH3 is 1. The van der Waals surface area contributed by atoms with Crippen LogP contribution in [0.1, 0.15) is 13.8 Å². The molecule has 0 bridgehead atoms. The molecule has 0 aliphatic rings. The molecule has 4 heterocycles. The predicted molar refractivity (Wildman–Crippen MR) is 107 cm³/mol. The van der Waals surface area contributed by atoms with Gasteiger partial charge in [0.05, 0.1) is 24.6 Å². The number of rotatable bonds is 5. The Morgan fingerprint density at radius 2 is 2.00 bits per heavy atom. The van der Waals surface area contributed by atoms with Gasteiger partial charge in [0.25, 0.3) is 5.56 Å². The van der Waals surface area contributed by atoms with Crippen LogP contribution in [0.5, 0.6) is 5.88 Å². The maximum atomic E-state index is 12.4. The zero-order valence-corrected chi connectivity index (χ0v) is 16.0. The molecule has 0 N–H and O–H groups in total. The van der Waals surface area contributed by atoms with E-state index in [4.69, 9.17) is 9.72 Å². The van der Waals surface area contributed by atoms with Crippen LogP contribution in [0.4, 0.5) is 0 Å². The van der Waals surface area contributed by atoms with Crippen molar-refractivity contribution in [2.45, 2.75) is 20.4 Å². The van der Waals surface area contributed by atoms with Crippen molar-refractivity contribution in [3.8, 4) is 28.3 Å². The van der Waals surface area contributed by atoms with Crippen LogP contribution in [0.2, 0.25) is 0 Å². The maximum Gasteiger partial charge on any atom is 0.251 e. The van der Waals surface area contributed by atoms with Crippen LogP contribution < -0.4 is 10.3 Å². The number of nitrogens with zero attached hydrogens (tertiary/aromatic N) is 5. The van der Waals surface area contributed by atoms with Crippen LogP contribution in [0.15, 0.2) is 59.9 Å².